The van der Waals surface area contributed by atoms with Gasteiger partial charge in [-0.05, 0) is 37.7 Å². The Morgan fingerprint density at radius 1 is 1.53 bits per heavy atom. The molecule has 1 aromatic heterocycles. The van der Waals surface area contributed by atoms with Gasteiger partial charge in [-0.3, -0.25) is 0 Å². The standard InChI is InChI=1S/C13H17ClN2O2S/c1-19-9-4-2-3-8(7-9)15-11-6-5-10(14)12(16-11)13(17)18/h5-6,8-9H,2-4,7H2,1H3,(H,15,16)(H,17,18). The number of hydrogen-bond acceptors (Lipinski definition) is 4. The van der Waals surface area contributed by atoms with Crippen LogP contribution in [0.15, 0.2) is 12.1 Å². The van der Waals surface area contributed by atoms with Gasteiger partial charge in [-0.1, -0.05) is 18.0 Å². The van der Waals surface area contributed by atoms with Crippen LogP contribution in [0, 0.1) is 0 Å². The van der Waals surface area contributed by atoms with E-state index in [1.807, 2.05) is 11.8 Å². The SMILES string of the molecule is CSC1CCCC(Nc2ccc(Cl)c(C(=O)O)n2)C1. The molecule has 1 heterocycles. The molecule has 1 fully saturated rings. The maximum absolute atomic E-state index is 11.0. The monoisotopic (exact) mass is 300 g/mol. The summed E-state index contributed by atoms with van der Waals surface area (Å²) in [5.41, 5.74) is -0.0936. The van der Waals surface area contributed by atoms with Gasteiger partial charge in [-0.25, -0.2) is 9.78 Å². The van der Waals surface area contributed by atoms with Crippen molar-refractivity contribution < 1.29 is 9.90 Å². The smallest absolute Gasteiger partial charge is 0.356 e. The second-order valence-electron chi connectivity index (χ2n) is 4.70. The van der Waals surface area contributed by atoms with Crippen LogP contribution < -0.4 is 5.32 Å². The Balaban J connectivity index is 2.06. The largest absolute Gasteiger partial charge is 0.476 e. The Morgan fingerprint density at radius 3 is 3.00 bits per heavy atom. The number of aromatic nitrogens is 1. The molecule has 2 unspecified atom stereocenters. The first-order valence-electron chi connectivity index (χ1n) is 6.29. The van der Waals surface area contributed by atoms with Crippen molar-refractivity contribution in [3.05, 3.63) is 22.8 Å². The summed E-state index contributed by atoms with van der Waals surface area (Å²) < 4.78 is 0. The van der Waals surface area contributed by atoms with Gasteiger partial charge < -0.3 is 10.4 Å². The van der Waals surface area contributed by atoms with Gasteiger partial charge in [-0.2, -0.15) is 11.8 Å². The van der Waals surface area contributed by atoms with Crippen molar-refractivity contribution in [3.8, 4) is 0 Å². The van der Waals surface area contributed by atoms with Gasteiger partial charge in [-0.15, -0.1) is 0 Å². The van der Waals surface area contributed by atoms with Gasteiger partial charge in [0.1, 0.15) is 5.82 Å². The predicted octanol–water partition coefficient (Wildman–Crippen LogP) is 3.52. The van der Waals surface area contributed by atoms with Crippen molar-refractivity contribution in [2.45, 2.75) is 37.0 Å². The molecule has 0 saturated heterocycles. The molecule has 2 atom stereocenters. The van der Waals surface area contributed by atoms with Crippen molar-refractivity contribution in [3.63, 3.8) is 0 Å². The molecule has 1 aliphatic carbocycles. The molecular weight excluding hydrogens is 284 g/mol. The van der Waals surface area contributed by atoms with Crippen LogP contribution in [0.3, 0.4) is 0 Å². The van der Waals surface area contributed by atoms with Gasteiger partial charge in [0, 0.05) is 11.3 Å². The number of pyridine rings is 1. The molecule has 0 radical (unpaired) electrons. The quantitative estimate of drug-likeness (QED) is 0.891. The molecule has 19 heavy (non-hydrogen) atoms. The molecule has 0 aliphatic heterocycles. The van der Waals surface area contributed by atoms with Crippen LogP contribution >= 0.6 is 23.4 Å². The zero-order chi connectivity index (χ0) is 13.8. The first-order chi connectivity index (χ1) is 9.10. The van der Waals surface area contributed by atoms with E-state index in [1.54, 1.807) is 12.1 Å². The van der Waals surface area contributed by atoms with Crippen LogP contribution in [0.1, 0.15) is 36.2 Å². The van der Waals surface area contributed by atoms with Crippen molar-refractivity contribution in [1.29, 1.82) is 0 Å². The molecule has 1 aliphatic rings. The number of halogens is 1. The summed E-state index contributed by atoms with van der Waals surface area (Å²) >= 11 is 7.70. The molecule has 1 aromatic rings. The van der Waals surface area contributed by atoms with E-state index in [-0.39, 0.29) is 10.7 Å². The van der Waals surface area contributed by atoms with Crippen LogP contribution in [0.4, 0.5) is 5.82 Å². The average Bonchev–Trinajstić information content (AvgIpc) is 2.41. The molecule has 104 valence electrons. The molecule has 0 bridgehead atoms. The molecule has 0 spiro atoms. The zero-order valence-electron chi connectivity index (χ0n) is 10.7. The molecule has 4 nitrogen and oxygen atoms in total. The summed E-state index contributed by atoms with van der Waals surface area (Å²) in [4.78, 5) is 15.1. The van der Waals surface area contributed by atoms with E-state index in [1.165, 1.54) is 12.8 Å². The Hall–Kier alpha value is -0.940. The number of rotatable bonds is 4. The minimum absolute atomic E-state index is 0.0936. The van der Waals surface area contributed by atoms with E-state index in [9.17, 15) is 4.79 Å². The Kier molecular flexibility index (Phi) is 4.93. The van der Waals surface area contributed by atoms with Crippen LogP contribution in [-0.2, 0) is 0 Å². The summed E-state index contributed by atoms with van der Waals surface area (Å²) in [5, 5.41) is 13.2. The summed E-state index contributed by atoms with van der Waals surface area (Å²) in [5.74, 6) is -0.507. The topological polar surface area (TPSA) is 62.2 Å². The van der Waals surface area contributed by atoms with Crippen molar-refractivity contribution in [2.24, 2.45) is 0 Å². The molecule has 1 saturated carbocycles. The van der Waals surface area contributed by atoms with Gasteiger partial charge in [0.15, 0.2) is 5.69 Å². The van der Waals surface area contributed by atoms with E-state index in [2.05, 4.69) is 16.6 Å². The molecular formula is C13H17ClN2O2S. The average molecular weight is 301 g/mol. The number of anilines is 1. The number of hydrogen-bond donors (Lipinski definition) is 2. The Labute approximate surface area is 121 Å². The van der Waals surface area contributed by atoms with E-state index >= 15 is 0 Å². The predicted molar refractivity (Wildman–Crippen MR) is 79.4 cm³/mol. The third-order valence-electron chi connectivity index (χ3n) is 3.36. The van der Waals surface area contributed by atoms with Crippen LogP contribution in [0.5, 0.6) is 0 Å². The summed E-state index contributed by atoms with van der Waals surface area (Å²) in [6, 6.07) is 3.67. The van der Waals surface area contributed by atoms with Crippen LogP contribution in [0.2, 0.25) is 5.02 Å². The van der Waals surface area contributed by atoms with Gasteiger partial charge in [0.05, 0.1) is 5.02 Å². The number of carbonyl (C=O) groups is 1. The van der Waals surface area contributed by atoms with E-state index in [0.29, 0.717) is 17.1 Å². The lowest BCUT2D eigenvalue weighted by molar-refractivity contribution is 0.0691. The Morgan fingerprint density at radius 2 is 2.32 bits per heavy atom. The van der Waals surface area contributed by atoms with E-state index in [0.717, 1.165) is 12.8 Å². The molecule has 0 amide bonds. The van der Waals surface area contributed by atoms with E-state index < -0.39 is 5.97 Å². The lowest BCUT2D eigenvalue weighted by Crippen LogP contribution is -2.29. The summed E-state index contributed by atoms with van der Waals surface area (Å²) in [6.45, 7) is 0. The first kappa shape index (κ1) is 14.5. The molecule has 2 rings (SSSR count). The number of aromatic carboxylic acids is 1. The van der Waals surface area contributed by atoms with Crippen molar-refractivity contribution in [1.82, 2.24) is 4.98 Å². The number of thioether (sulfide) groups is 1. The number of carboxylic acid groups (broad SMARTS) is 1. The highest BCUT2D eigenvalue weighted by Crippen LogP contribution is 2.29. The lowest BCUT2D eigenvalue weighted by atomic mass is 9.95. The highest BCUT2D eigenvalue weighted by Gasteiger charge is 2.22. The highest BCUT2D eigenvalue weighted by molar-refractivity contribution is 7.99. The fraction of sp³-hybridized carbons (Fsp3) is 0.538. The Bertz CT molecular complexity index is 470. The van der Waals surface area contributed by atoms with Crippen LogP contribution in [-0.4, -0.2) is 33.6 Å². The maximum Gasteiger partial charge on any atom is 0.356 e. The summed E-state index contributed by atoms with van der Waals surface area (Å²) in [6.07, 6.45) is 6.78. The summed E-state index contributed by atoms with van der Waals surface area (Å²) in [7, 11) is 0. The number of carboxylic acids is 1. The van der Waals surface area contributed by atoms with Crippen molar-refractivity contribution in [2.75, 3.05) is 11.6 Å². The lowest BCUT2D eigenvalue weighted by Gasteiger charge is -2.29. The second kappa shape index (κ2) is 6.48. The minimum Gasteiger partial charge on any atom is -0.476 e. The number of nitrogens with one attached hydrogen (secondary N) is 1. The van der Waals surface area contributed by atoms with Gasteiger partial charge >= 0.3 is 5.97 Å². The molecule has 6 heteroatoms. The minimum atomic E-state index is -1.10. The normalized spacial score (nSPS) is 23.1. The molecule has 0 aromatic carbocycles. The third-order valence-corrected chi connectivity index (χ3v) is 4.76. The van der Waals surface area contributed by atoms with Gasteiger partial charge in [0.2, 0.25) is 0 Å². The van der Waals surface area contributed by atoms with Crippen molar-refractivity contribution >= 4 is 35.1 Å². The zero-order valence-corrected chi connectivity index (χ0v) is 12.3. The number of nitrogens with zero attached hydrogens (tertiary/aromatic N) is 1. The maximum atomic E-state index is 11.0. The van der Waals surface area contributed by atoms with Gasteiger partial charge in [0.25, 0.3) is 0 Å². The van der Waals surface area contributed by atoms with Crippen LogP contribution in [0.25, 0.3) is 0 Å². The fourth-order valence-corrected chi connectivity index (χ4v) is 3.39. The fourth-order valence-electron chi connectivity index (χ4n) is 2.37. The first-order valence-corrected chi connectivity index (χ1v) is 7.96. The van der Waals surface area contributed by atoms with E-state index in [4.69, 9.17) is 16.7 Å². The highest BCUT2D eigenvalue weighted by atomic mass is 35.5. The second-order valence-corrected chi connectivity index (χ2v) is 6.24. The molecule has 2 N–H and O–H groups in total. The third kappa shape index (κ3) is 3.76.